The van der Waals surface area contributed by atoms with Gasteiger partial charge in [-0.25, -0.2) is 0 Å². The number of hydrogen-bond donors (Lipinski definition) is 3. The zero-order chi connectivity index (χ0) is 12.7. The first kappa shape index (κ1) is 14.7. The monoisotopic (exact) mass is 277 g/mol. The molecule has 1 aromatic rings. The smallest absolute Gasteiger partial charge is 0.0595 e. The van der Waals surface area contributed by atoms with Gasteiger partial charge in [-0.05, 0) is 30.5 Å². The summed E-state index contributed by atoms with van der Waals surface area (Å²) >= 11 is 11.7. The van der Waals surface area contributed by atoms with Gasteiger partial charge in [-0.2, -0.15) is 0 Å². The maximum absolute atomic E-state index is 8.88. The van der Waals surface area contributed by atoms with E-state index in [1.807, 2.05) is 12.1 Å². The number of halogens is 2. The van der Waals surface area contributed by atoms with E-state index in [2.05, 4.69) is 5.32 Å². The van der Waals surface area contributed by atoms with Gasteiger partial charge in [0.2, 0.25) is 0 Å². The highest BCUT2D eigenvalue weighted by atomic mass is 35.5. The first-order valence-electron chi connectivity index (χ1n) is 5.56. The maximum Gasteiger partial charge on any atom is 0.0595 e. The average molecular weight is 278 g/mol. The fourth-order valence-electron chi connectivity index (χ4n) is 1.57. The van der Waals surface area contributed by atoms with Gasteiger partial charge in [0.05, 0.1) is 10.0 Å². The van der Waals surface area contributed by atoms with Gasteiger partial charge in [-0.3, -0.25) is 0 Å². The molecule has 0 saturated heterocycles. The molecule has 17 heavy (non-hydrogen) atoms. The first-order valence-corrected chi connectivity index (χ1v) is 6.32. The second-order valence-corrected chi connectivity index (χ2v) is 4.67. The van der Waals surface area contributed by atoms with E-state index in [1.54, 1.807) is 6.07 Å². The second kappa shape index (κ2) is 7.90. The number of aliphatic hydroxyl groups is 2. The van der Waals surface area contributed by atoms with Crippen LogP contribution in [0.5, 0.6) is 0 Å². The van der Waals surface area contributed by atoms with Gasteiger partial charge in [-0.15, -0.1) is 0 Å². The number of aliphatic hydroxyl groups excluding tert-OH is 2. The molecule has 0 unspecified atom stereocenters. The van der Waals surface area contributed by atoms with E-state index in [-0.39, 0.29) is 19.3 Å². The molecular formula is C12H17Cl2NO2. The van der Waals surface area contributed by atoms with Gasteiger partial charge in [0, 0.05) is 25.8 Å². The van der Waals surface area contributed by atoms with Crippen LogP contribution in [0.1, 0.15) is 18.4 Å². The van der Waals surface area contributed by atoms with Gasteiger partial charge in [0.1, 0.15) is 0 Å². The fourth-order valence-corrected chi connectivity index (χ4v) is 1.89. The summed E-state index contributed by atoms with van der Waals surface area (Å²) in [6.45, 7) is 0.861. The van der Waals surface area contributed by atoms with Crippen LogP contribution in [0.3, 0.4) is 0 Å². The summed E-state index contributed by atoms with van der Waals surface area (Å²) in [7, 11) is 0. The minimum Gasteiger partial charge on any atom is -0.396 e. The number of hydrogen-bond acceptors (Lipinski definition) is 3. The molecule has 0 radical (unpaired) electrons. The minimum absolute atomic E-state index is 0.110. The predicted molar refractivity (Wildman–Crippen MR) is 70.5 cm³/mol. The lowest BCUT2D eigenvalue weighted by Gasteiger charge is -2.16. The van der Waals surface area contributed by atoms with E-state index in [0.29, 0.717) is 29.4 Å². The molecule has 96 valence electrons. The molecule has 1 aromatic carbocycles. The lowest BCUT2D eigenvalue weighted by molar-refractivity contribution is 0.227. The number of benzene rings is 1. The maximum atomic E-state index is 8.88. The molecule has 3 nitrogen and oxygen atoms in total. The molecule has 0 amide bonds. The van der Waals surface area contributed by atoms with Crippen molar-refractivity contribution in [2.45, 2.75) is 25.4 Å². The summed E-state index contributed by atoms with van der Waals surface area (Å²) in [4.78, 5) is 0. The van der Waals surface area contributed by atoms with Crippen molar-refractivity contribution in [2.24, 2.45) is 0 Å². The van der Waals surface area contributed by atoms with Gasteiger partial charge in [0.15, 0.2) is 0 Å². The van der Waals surface area contributed by atoms with Crippen molar-refractivity contribution in [3.05, 3.63) is 33.8 Å². The standard InChI is InChI=1S/C12H17Cl2NO2/c13-11-2-1-9(7-12(11)14)8-15-10(3-5-16)4-6-17/h1-2,7,10,15-17H,3-6,8H2. The Labute approximate surface area is 111 Å². The van der Waals surface area contributed by atoms with Crippen molar-refractivity contribution >= 4 is 23.2 Å². The molecule has 0 spiro atoms. The number of nitrogens with one attached hydrogen (secondary N) is 1. The van der Waals surface area contributed by atoms with E-state index in [1.165, 1.54) is 0 Å². The molecule has 1 rings (SSSR count). The molecule has 0 aliphatic rings. The topological polar surface area (TPSA) is 52.5 Å². The Morgan fingerprint density at radius 3 is 2.24 bits per heavy atom. The summed E-state index contributed by atoms with van der Waals surface area (Å²) in [6.07, 6.45) is 1.25. The van der Waals surface area contributed by atoms with Gasteiger partial charge in [-0.1, -0.05) is 29.3 Å². The fraction of sp³-hybridized carbons (Fsp3) is 0.500. The van der Waals surface area contributed by atoms with Crippen LogP contribution in [-0.2, 0) is 6.54 Å². The molecule has 3 N–H and O–H groups in total. The van der Waals surface area contributed by atoms with Crippen molar-refractivity contribution in [1.82, 2.24) is 5.32 Å². The van der Waals surface area contributed by atoms with Crippen molar-refractivity contribution in [3.8, 4) is 0 Å². The lowest BCUT2D eigenvalue weighted by Crippen LogP contribution is -2.30. The van der Waals surface area contributed by atoms with Crippen molar-refractivity contribution in [1.29, 1.82) is 0 Å². The Morgan fingerprint density at radius 2 is 1.71 bits per heavy atom. The van der Waals surface area contributed by atoms with E-state index in [4.69, 9.17) is 33.4 Å². The van der Waals surface area contributed by atoms with Crippen molar-refractivity contribution in [2.75, 3.05) is 13.2 Å². The van der Waals surface area contributed by atoms with E-state index >= 15 is 0 Å². The quantitative estimate of drug-likeness (QED) is 0.716. The van der Waals surface area contributed by atoms with Gasteiger partial charge < -0.3 is 15.5 Å². The lowest BCUT2D eigenvalue weighted by atomic mass is 10.1. The van der Waals surface area contributed by atoms with Gasteiger partial charge in [0.25, 0.3) is 0 Å². The number of rotatable bonds is 7. The molecule has 0 heterocycles. The minimum atomic E-state index is 0.110. The first-order chi connectivity index (χ1) is 8.17. The van der Waals surface area contributed by atoms with Crippen LogP contribution < -0.4 is 5.32 Å². The summed E-state index contributed by atoms with van der Waals surface area (Å²) in [5, 5.41) is 22.1. The van der Waals surface area contributed by atoms with E-state index in [9.17, 15) is 0 Å². The Kier molecular flexibility index (Phi) is 6.85. The molecule has 0 fully saturated rings. The molecule has 0 aromatic heterocycles. The van der Waals surface area contributed by atoms with Crippen LogP contribution in [0.4, 0.5) is 0 Å². The zero-order valence-corrected chi connectivity index (χ0v) is 11.0. The third-order valence-electron chi connectivity index (χ3n) is 2.53. The second-order valence-electron chi connectivity index (χ2n) is 3.85. The molecule has 5 heteroatoms. The van der Waals surface area contributed by atoms with Crippen LogP contribution in [0.25, 0.3) is 0 Å². The van der Waals surface area contributed by atoms with Crippen LogP contribution in [0.2, 0.25) is 10.0 Å². The molecule has 0 atom stereocenters. The third-order valence-corrected chi connectivity index (χ3v) is 3.27. The van der Waals surface area contributed by atoms with Crippen LogP contribution in [0.15, 0.2) is 18.2 Å². The molecule has 0 saturated carbocycles. The highest BCUT2D eigenvalue weighted by Gasteiger charge is 2.07. The van der Waals surface area contributed by atoms with Crippen molar-refractivity contribution in [3.63, 3.8) is 0 Å². The normalized spacial score (nSPS) is 11.1. The van der Waals surface area contributed by atoms with E-state index in [0.717, 1.165) is 5.56 Å². The largest absolute Gasteiger partial charge is 0.396 e. The van der Waals surface area contributed by atoms with E-state index < -0.39 is 0 Å². The average Bonchev–Trinajstić information content (AvgIpc) is 2.31. The highest BCUT2D eigenvalue weighted by molar-refractivity contribution is 6.42. The summed E-state index contributed by atoms with van der Waals surface area (Å²) in [5.41, 5.74) is 1.03. The summed E-state index contributed by atoms with van der Waals surface area (Å²) in [6, 6.07) is 5.58. The Hall–Kier alpha value is -0.320. The summed E-state index contributed by atoms with van der Waals surface area (Å²) < 4.78 is 0. The Bertz CT molecular complexity index is 341. The van der Waals surface area contributed by atoms with Crippen LogP contribution in [0, 0.1) is 0 Å². The summed E-state index contributed by atoms with van der Waals surface area (Å²) in [5.74, 6) is 0. The zero-order valence-electron chi connectivity index (χ0n) is 9.50. The molecular weight excluding hydrogens is 261 g/mol. The predicted octanol–water partition coefficient (Wildman–Crippen LogP) is 2.22. The van der Waals surface area contributed by atoms with Gasteiger partial charge >= 0.3 is 0 Å². The molecule has 0 aliphatic heterocycles. The third kappa shape index (κ3) is 5.23. The Balaban J connectivity index is 2.49. The molecule has 0 bridgehead atoms. The van der Waals surface area contributed by atoms with Crippen LogP contribution in [-0.4, -0.2) is 29.5 Å². The van der Waals surface area contributed by atoms with Crippen molar-refractivity contribution < 1.29 is 10.2 Å². The van der Waals surface area contributed by atoms with Crippen LogP contribution >= 0.6 is 23.2 Å². The molecule has 0 aliphatic carbocycles. The highest BCUT2D eigenvalue weighted by Crippen LogP contribution is 2.22. The SMILES string of the molecule is OCCC(CCO)NCc1ccc(Cl)c(Cl)c1. The Morgan fingerprint density at radius 1 is 1.06 bits per heavy atom.